The van der Waals surface area contributed by atoms with Crippen LogP contribution in [0.4, 0.5) is 0 Å². The van der Waals surface area contributed by atoms with Crippen molar-refractivity contribution in [2.24, 2.45) is 11.8 Å². The number of hydrogen-bond acceptors (Lipinski definition) is 7. The zero-order valence-electron chi connectivity index (χ0n) is 41.6. The Kier molecular flexibility index (Phi) is 37.5. The van der Waals surface area contributed by atoms with Gasteiger partial charge in [-0.1, -0.05) is 174 Å². The van der Waals surface area contributed by atoms with Gasteiger partial charge in [-0.2, -0.15) is 0 Å². The van der Waals surface area contributed by atoms with Crippen LogP contribution in [0.1, 0.15) is 258 Å². The molecule has 2 aliphatic carbocycles. The van der Waals surface area contributed by atoms with Crippen LogP contribution in [0.3, 0.4) is 0 Å². The van der Waals surface area contributed by atoms with Crippen molar-refractivity contribution in [3.8, 4) is 0 Å². The second kappa shape index (κ2) is 41.0. The third kappa shape index (κ3) is 30.7. The van der Waals surface area contributed by atoms with Crippen molar-refractivity contribution in [1.82, 2.24) is 9.80 Å². The predicted octanol–water partition coefficient (Wildman–Crippen LogP) is 14.7. The van der Waals surface area contributed by atoms with Crippen LogP contribution in [-0.4, -0.2) is 84.9 Å². The molecule has 0 heterocycles. The molecule has 0 amide bonds. The van der Waals surface area contributed by atoms with E-state index in [0.29, 0.717) is 44.1 Å². The Morgan fingerprint density at radius 2 is 0.935 bits per heavy atom. The molecule has 2 atom stereocenters. The molecule has 0 aliphatic heterocycles. The molecule has 0 radical (unpaired) electrons. The first-order valence-electron chi connectivity index (χ1n) is 27.6. The lowest BCUT2D eigenvalue weighted by atomic mass is 9.91. The van der Waals surface area contributed by atoms with E-state index in [1.165, 1.54) is 180 Å². The normalized spacial score (nSPS) is 15.8. The first-order valence-corrected chi connectivity index (χ1v) is 27.6. The maximum atomic E-state index is 13.4. The summed E-state index contributed by atoms with van der Waals surface area (Å²) in [6, 6.07) is 1.33. The molecule has 2 fully saturated rings. The first-order chi connectivity index (χ1) is 30.5. The van der Waals surface area contributed by atoms with Crippen molar-refractivity contribution in [2.45, 2.75) is 270 Å². The molecule has 7 heteroatoms. The fourth-order valence-corrected chi connectivity index (χ4v) is 9.87. The average Bonchev–Trinajstić information content (AvgIpc) is 3.80. The SMILES string of the molecule is CCCCCCCC/C=C\CCCCCCCC(=O)OCC(CCCCN(CCN(CCO)C1CCCC1)C1CCC1)COC(=O)CC(CCCCCC)CCCCCCCC. The van der Waals surface area contributed by atoms with Crippen molar-refractivity contribution < 1.29 is 24.2 Å². The Morgan fingerprint density at radius 1 is 0.500 bits per heavy atom. The highest BCUT2D eigenvalue weighted by atomic mass is 16.5. The monoisotopic (exact) mass is 873 g/mol. The number of rotatable bonds is 45. The zero-order chi connectivity index (χ0) is 44.6. The molecule has 2 unspecified atom stereocenters. The minimum Gasteiger partial charge on any atom is -0.465 e. The van der Waals surface area contributed by atoms with Crippen LogP contribution < -0.4 is 0 Å². The van der Waals surface area contributed by atoms with Gasteiger partial charge in [-0.05, 0) is 95.9 Å². The first kappa shape index (κ1) is 56.7. The van der Waals surface area contributed by atoms with Crippen LogP contribution in [0.25, 0.3) is 0 Å². The van der Waals surface area contributed by atoms with E-state index in [0.717, 1.165) is 71.1 Å². The Morgan fingerprint density at radius 3 is 1.47 bits per heavy atom. The second-order valence-corrected chi connectivity index (χ2v) is 19.9. The van der Waals surface area contributed by atoms with Gasteiger partial charge in [-0.3, -0.25) is 19.4 Å². The lowest BCUT2D eigenvalue weighted by Gasteiger charge is -2.39. The van der Waals surface area contributed by atoms with Gasteiger partial charge >= 0.3 is 11.9 Å². The van der Waals surface area contributed by atoms with Crippen molar-refractivity contribution in [1.29, 1.82) is 0 Å². The molecule has 1 N–H and O–H groups in total. The van der Waals surface area contributed by atoms with E-state index in [1.54, 1.807) is 0 Å². The van der Waals surface area contributed by atoms with Crippen LogP contribution in [0, 0.1) is 11.8 Å². The summed E-state index contributed by atoms with van der Waals surface area (Å²) in [7, 11) is 0. The van der Waals surface area contributed by atoms with Gasteiger partial charge in [0.15, 0.2) is 0 Å². The van der Waals surface area contributed by atoms with Crippen LogP contribution in [-0.2, 0) is 19.1 Å². The number of hydrogen-bond donors (Lipinski definition) is 1. The number of aliphatic hydroxyl groups excluding tert-OH is 1. The number of unbranched alkanes of at least 4 members (excludes halogenated alkanes) is 20. The number of allylic oxidation sites excluding steroid dienone is 2. The summed E-state index contributed by atoms with van der Waals surface area (Å²) >= 11 is 0. The van der Waals surface area contributed by atoms with Crippen molar-refractivity contribution >= 4 is 11.9 Å². The Hall–Kier alpha value is -1.44. The Balaban J connectivity index is 1.82. The van der Waals surface area contributed by atoms with E-state index in [-0.39, 0.29) is 24.5 Å². The topological polar surface area (TPSA) is 79.3 Å². The molecule has 364 valence electrons. The maximum Gasteiger partial charge on any atom is 0.306 e. The lowest BCUT2D eigenvalue weighted by molar-refractivity contribution is -0.150. The summed E-state index contributed by atoms with van der Waals surface area (Å²) in [6.07, 6.45) is 49.0. The Bertz CT molecular complexity index is 1040. The zero-order valence-corrected chi connectivity index (χ0v) is 41.6. The minimum atomic E-state index is -0.101. The van der Waals surface area contributed by atoms with Gasteiger partial charge in [-0.15, -0.1) is 0 Å². The van der Waals surface area contributed by atoms with E-state index in [2.05, 4.69) is 42.7 Å². The number of ether oxygens (including phenoxy) is 2. The highest BCUT2D eigenvalue weighted by molar-refractivity contribution is 5.70. The summed E-state index contributed by atoms with van der Waals surface area (Å²) < 4.78 is 12.0. The second-order valence-electron chi connectivity index (χ2n) is 19.9. The molecule has 62 heavy (non-hydrogen) atoms. The predicted molar refractivity (Wildman–Crippen MR) is 264 cm³/mol. The van der Waals surface area contributed by atoms with Gasteiger partial charge < -0.3 is 14.6 Å². The summed E-state index contributed by atoms with van der Waals surface area (Å²) in [5, 5.41) is 9.79. The summed E-state index contributed by atoms with van der Waals surface area (Å²) in [5.41, 5.74) is 0. The summed E-state index contributed by atoms with van der Waals surface area (Å²) in [5.74, 6) is 0.286. The van der Waals surface area contributed by atoms with Crippen molar-refractivity contribution in [3.63, 3.8) is 0 Å². The quantitative estimate of drug-likeness (QED) is 0.0371. The smallest absolute Gasteiger partial charge is 0.306 e. The minimum absolute atomic E-state index is 0.0400. The number of nitrogens with zero attached hydrogens (tertiary/aromatic N) is 2. The number of esters is 2. The standard InChI is InChI=1S/C55H104N2O5/c1-4-7-10-13-15-16-17-18-19-20-21-22-23-25-28-41-54(59)61-48-51(49-62-55(60)47-50(34-26-12-9-6-3)35-27-24-14-11-8-5-2)36-31-32-42-56(53-39-33-40-53)43-44-57(45-46-58)52-37-29-30-38-52/h18-19,50-53,58H,4-17,20-49H2,1-3H3/b19-18-. The third-order valence-corrected chi connectivity index (χ3v) is 14.3. The van der Waals surface area contributed by atoms with Crippen LogP contribution >= 0.6 is 0 Å². The summed E-state index contributed by atoms with van der Waals surface area (Å²) in [6.45, 7) is 11.7. The van der Waals surface area contributed by atoms with Gasteiger partial charge in [0.1, 0.15) is 0 Å². The molecule has 2 saturated carbocycles. The van der Waals surface area contributed by atoms with Gasteiger partial charge in [0.25, 0.3) is 0 Å². The fraction of sp³-hybridized carbons (Fsp3) is 0.927. The molecule has 0 aromatic carbocycles. The Labute approximate surface area is 385 Å². The van der Waals surface area contributed by atoms with E-state index < -0.39 is 0 Å². The van der Waals surface area contributed by atoms with Crippen LogP contribution in [0.5, 0.6) is 0 Å². The number of carbonyl (C=O) groups is 2. The molecular weight excluding hydrogens is 769 g/mol. The lowest BCUT2D eigenvalue weighted by Crippen LogP contribution is -2.47. The molecule has 2 rings (SSSR count). The maximum absolute atomic E-state index is 13.4. The van der Waals surface area contributed by atoms with Crippen LogP contribution in [0.15, 0.2) is 12.2 Å². The molecular formula is C55H104N2O5. The van der Waals surface area contributed by atoms with Gasteiger partial charge in [0, 0.05) is 50.5 Å². The highest BCUT2D eigenvalue weighted by Gasteiger charge is 2.27. The van der Waals surface area contributed by atoms with E-state index in [1.807, 2.05) is 0 Å². The molecule has 2 aliphatic rings. The highest BCUT2D eigenvalue weighted by Crippen LogP contribution is 2.28. The number of carbonyl (C=O) groups excluding carboxylic acids is 2. The van der Waals surface area contributed by atoms with Gasteiger partial charge in [-0.25, -0.2) is 0 Å². The van der Waals surface area contributed by atoms with E-state index >= 15 is 0 Å². The molecule has 0 aromatic rings. The summed E-state index contributed by atoms with van der Waals surface area (Å²) in [4.78, 5) is 31.6. The number of aliphatic hydroxyl groups is 1. The van der Waals surface area contributed by atoms with Gasteiger partial charge in [0.05, 0.1) is 19.8 Å². The molecule has 0 bridgehead atoms. The van der Waals surface area contributed by atoms with E-state index in [9.17, 15) is 14.7 Å². The fourth-order valence-electron chi connectivity index (χ4n) is 9.87. The van der Waals surface area contributed by atoms with Crippen LogP contribution in [0.2, 0.25) is 0 Å². The third-order valence-electron chi connectivity index (χ3n) is 14.3. The molecule has 7 nitrogen and oxygen atoms in total. The van der Waals surface area contributed by atoms with Crippen molar-refractivity contribution in [3.05, 3.63) is 12.2 Å². The molecule has 0 saturated heterocycles. The largest absolute Gasteiger partial charge is 0.465 e. The van der Waals surface area contributed by atoms with E-state index in [4.69, 9.17) is 9.47 Å². The van der Waals surface area contributed by atoms with Crippen molar-refractivity contribution in [2.75, 3.05) is 46.0 Å². The molecule has 0 aromatic heterocycles. The molecule has 0 spiro atoms. The van der Waals surface area contributed by atoms with Gasteiger partial charge in [0.2, 0.25) is 0 Å². The average molecular weight is 873 g/mol.